The second kappa shape index (κ2) is 7.69. The Hall–Kier alpha value is -3.56. The molecule has 1 aliphatic rings. The fourth-order valence-corrected chi connectivity index (χ4v) is 3.92. The van der Waals surface area contributed by atoms with Crippen LogP contribution in [-0.2, 0) is 10.0 Å². The second-order valence-electron chi connectivity index (χ2n) is 6.75. The minimum absolute atomic E-state index is 0.189. The Morgan fingerprint density at radius 3 is 2.50 bits per heavy atom. The quantitative estimate of drug-likeness (QED) is 0.634. The van der Waals surface area contributed by atoms with Gasteiger partial charge in [0.2, 0.25) is 10.0 Å². The number of allylic oxidation sites excluding steroid dienone is 2. The van der Waals surface area contributed by atoms with Crippen molar-refractivity contribution >= 4 is 21.4 Å². The molecule has 0 fully saturated rings. The summed E-state index contributed by atoms with van der Waals surface area (Å²) in [6, 6.07) is 12.2. The van der Waals surface area contributed by atoms with Gasteiger partial charge >= 0.3 is 0 Å². The van der Waals surface area contributed by atoms with E-state index in [1.54, 1.807) is 52.5 Å². The Morgan fingerprint density at radius 2 is 1.77 bits per heavy atom. The first-order valence-corrected chi connectivity index (χ1v) is 10.5. The van der Waals surface area contributed by atoms with Crippen LogP contribution >= 0.6 is 0 Å². The number of hydrogen-bond acceptors (Lipinski definition) is 6. The monoisotopic (exact) mass is 420 g/mol. The molecule has 9 heteroatoms. The molecule has 1 aliphatic heterocycles. The zero-order valence-electron chi connectivity index (χ0n) is 16.5. The Labute approximate surface area is 175 Å². The van der Waals surface area contributed by atoms with Gasteiger partial charge in [-0.25, -0.2) is 22.4 Å². The van der Waals surface area contributed by atoms with Gasteiger partial charge < -0.3 is 0 Å². The van der Waals surface area contributed by atoms with Crippen LogP contribution in [0.4, 0.5) is 5.69 Å². The maximum absolute atomic E-state index is 12.5. The average Bonchev–Trinajstić information content (AvgIpc) is 3.24. The molecule has 0 saturated heterocycles. The molecule has 0 bridgehead atoms. The minimum atomic E-state index is -3.56. The van der Waals surface area contributed by atoms with Crippen LogP contribution in [0.1, 0.15) is 5.69 Å². The largest absolute Gasteiger partial charge is 0.265 e. The molecular formula is C21H20N6O2S. The maximum atomic E-state index is 12.5. The van der Waals surface area contributed by atoms with E-state index in [2.05, 4.69) is 16.7 Å². The Kier molecular flexibility index (Phi) is 5.06. The normalized spacial score (nSPS) is 14.3. The van der Waals surface area contributed by atoms with Crippen LogP contribution in [-0.4, -0.2) is 47.3 Å². The van der Waals surface area contributed by atoms with Gasteiger partial charge in [-0.2, -0.15) is 10.2 Å². The van der Waals surface area contributed by atoms with Gasteiger partial charge in [0.15, 0.2) is 0 Å². The first-order valence-electron chi connectivity index (χ1n) is 9.10. The summed E-state index contributed by atoms with van der Waals surface area (Å²) < 4.78 is 27.9. The molecule has 0 saturated carbocycles. The summed E-state index contributed by atoms with van der Waals surface area (Å²) in [7, 11) is -0.560. The summed E-state index contributed by atoms with van der Waals surface area (Å²) in [6.07, 6.45) is 8.73. The van der Waals surface area contributed by atoms with Crippen molar-refractivity contribution in [1.82, 2.24) is 19.1 Å². The number of aromatic nitrogens is 3. The van der Waals surface area contributed by atoms with E-state index in [1.165, 1.54) is 18.4 Å². The lowest BCUT2D eigenvalue weighted by atomic mass is 10.1. The number of hydrogen-bond donors (Lipinski definition) is 0. The van der Waals surface area contributed by atoms with E-state index < -0.39 is 10.0 Å². The molecule has 3 heterocycles. The van der Waals surface area contributed by atoms with E-state index in [0.29, 0.717) is 17.1 Å². The number of rotatable bonds is 5. The highest BCUT2D eigenvalue weighted by atomic mass is 32.2. The van der Waals surface area contributed by atoms with Gasteiger partial charge in [-0.1, -0.05) is 12.6 Å². The van der Waals surface area contributed by atoms with E-state index >= 15 is 0 Å². The van der Waals surface area contributed by atoms with Gasteiger partial charge in [0, 0.05) is 32.7 Å². The molecule has 0 N–H and O–H groups in total. The molecule has 1 aromatic carbocycles. The van der Waals surface area contributed by atoms with Crippen LogP contribution in [0.2, 0.25) is 0 Å². The van der Waals surface area contributed by atoms with Crippen molar-refractivity contribution in [2.24, 2.45) is 5.10 Å². The van der Waals surface area contributed by atoms with Crippen molar-refractivity contribution in [3.8, 4) is 5.69 Å². The third-order valence-electron chi connectivity index (χ3n) is 4.58. The highest BCUT2D eigenvalue weighted by Crippen LogP contribution is 2.24. The van der Waals surface area contributed by atoms with Crippen molar-refractivity contribution in [2.75, 3.05) is 19.1 Å². The third kappa shape index (κ3) is 3.56. The summed E-state index contributed by atoms with van der Waals surface area (Å²) in [5, 5.41) is 10.8. The lowest BCUT2D eigenvalue weighted by molar-refractivity contribution is 0.520. The van der Waals surface area contributed by atoms with Gasteiger partial charge in [-0.15, -0.1) is 0 Å². The van der Waals surface area contributed by atoms with Crippen LogP contribution in [0.15, 0.2) is 95.5 Å². The molecule has 0 unspecified atom stereocenters. The smallest absolute Gasteiger partial charge is 0.242 e. The third-order valence-corrected chi connectivity index (χ3v) is 6.39. The standard InChI is InChI=1S/C21H20N6O2S/c1-16-10-14-26(17-7-11-22-12-8-17)24-21(16)20-9-13-23-27(20)18-5-4-6-19(15-18)30(28,29)25(2)3/h4-15H,1H2,2-3H3. The molecule has 0 aliphatic carbocycles. The van der Waals surface area contributed by atoms with E-state index in [9.17, 15) is 8.42 Å². The average molecular weight is 420 g/mol. The van der Waals surface area contributed by atoms with Crippen LogP contribution in [0, 0.1) is 0 Å². The summed E-state index contributed by atoms with van der Waals surface area (Å²) in [6.45, 7) is 4.09. The van der Waals surface area contributed by atoms with Crippen molar-refractivity contribution < 1.29 is 8.42 Å². The van der Waals surface area contributed by atoms with Crippen LogP contribution in [0.3, 0.4) is 0 Å². The van der Waals surface area contributed by atoms with E-state index in [-0.39, 0.29) is 4.90 Å². The van der Waals surface area contributed by atoms with Crippen molar-refractivity contribution in [2.45, 2.75) is 4.90 Å². The summed E-state index contributed by atoms with van der Waals surface area (Å²) in [5.41, 5.74) is 3.52. The number of pyridine rings is 1. The molecule has 0 radical (unpaired) electrons. The highest BCUT2D eigenvalue weighted by Gasteiger charge is 2.21. The number of anilines is 1. The second-order valence-corrected chi connectivity index (χ2v) is 8.90. The SMILES string of the molecule is C=C1C=CN(c2ccncc2)N=C1c1ccnn1-c1cccc(S(=O)(=O)N(C)C)c1. The van der Waals surface area contributed by atoms with Crippen molar-refractivity contribution in [3.63, 3.8) is 0 Å². The van der Waals surface area contributed by atoms with Gasteiger partial charge in [-0.05, 0) is 48.0 Å². The van der Waals surface area contributed by atoms with E-state index in [0.717, 1.165) is 11.3 Å². The van der Waals surface area contributed by atoms with Crippen LogP contribution < -0.4 is 5.01 Å². The number of hydrazone groups is 1. The van der Waals surface area contributed by atoms with Crippen molar-refractivity contribution in [1.29, 1.82) is 0 Å². The molecule has 4 rings (SSSR count). The Bertz CT molecular complexity index is 1260. The summed E-state index contributed by atoms with van der Waals surface area (Å²) in [4.78, 5) is 4.22. The molecule has 3 aromatic rings. The summed E-state index contributed by atoms with van der Waals surface area (Å²) >= 11 is 0. The zero-order chi connectivity index (χ0) is 21.3. The zero-order valence-corrected chi connectivity index (χ0v) is 17.4. The predicted molar refractivity (Wildman–Crippen MR) is 116 cm³/mol. The molecule has 8 nitrogen and oxygen atoms in total. The number of sulfonamides is 1. The summed E-state index contributed by atoms with van der Waals surface area (Å²) in [5.74, 6) is 0. The number of nitrogens with zero attached hydrogens (tertiary/aromatic N) is 6. The molecular weight excluding hydrogens is 400 g/mol. The minimum Gasteiger partial charge on any atom is -0.265 e. The first kappa shape index (κ1) is 19.7. The molecule has 152 valence electrons. The molecule has 0 spiro atoms. The van der Waals surface area contributed by atoms with Crippen LogP contribution in [0.25, 0.3) is 5.69 Å². The molecule has 2 aromatic heterocycles. The van der Waals surface area contributed by atoms with Crippen molar-refractivity contribution in [3.05, 3.63) is 91.2 Å². The molecule has 0 atom stereocenters. The maximum Gasteiger partial charge on any atom is 0.242 e. The molecule has 30 heavy (non-hydrogen) atoms. The lowest BCUT2D eigenvalue weighted by Crippen LogP contribution is -2.23. The van der Waals surface area contributed by atoms with Gasteiger partial charge in [0.25, 0.3) is 0 Å². The lowest BCUT2D eigenvalue weighted by Gasteiger charge is -2.21. The topological polar surface area (TPSA) is 83.7 Å². The van der Waals surface area contributed by atoms with Gasteiger partial charge in [0.05, 0.1) is 28.2 Å². The fourth-order valence-electron chi connectivity index (χ4n) is 2.98. The van der Waals surface area contributed by atoms with Crippen LogP contribution in [0.5, 0.6) is 0 Å². The Balaban J connectivity index is 1.77. The molecule has 0 amide bonds. The van der Waals surface area contributed by atoms with Gasteiger partial charge in [-0.3, -0.25) is 4.98 Å². The van der Waals surface area contributed by atoms with E-state index in [4.69, 9.17) is 5.10 Å². The number of benzene rings is 1. The Morgan fingerprint density at radius 1 is 1.00 bits per heavy atom. The predicted octanol–water partition coefficient (Wildman–Crippen LogP) is 2.81. The highest BCUT2D eigenvalue weighted by molar-refractivity contribution is 7.89. The van der Waals surface area contributed by atoms with Gasteiger partial charge in [0.1, 0.15) is 5.71 Å². The van der Waals surface area contributed by atoms with E-state index in [1.807, 2.05) is 30.5 Å². The first-order chi connectivity index (χ1) is 14.4. The fraction of sp³-hybridized carbons (Fsp3) is 0.0952.